The summed E-state index contributed by atoms with van der Waals surface area (Å²) >= 11 is 2.50. The molecule has 10 nitrogen and oxygen atoms in total. The van der Waals surface area contributed by atoms with Crippen LogP contribution in [-0.4, -0.2) is 41.9 Å². The minimum atomic E-state index is -0.739. The predicted molar refractivity (Wildman–Crippen MR) is 172 cm³/mol. The van der Waals surface area contributed by atoms with Gasteiger partial charge in [-0.15, -0.1) is 10.2 Å². The summed E-state index contributed by atoms with van der Waals surface area (Å²) in [6, 6.07) is 15.3. The van der Waals surface area contributed by atoms with E-state index in [0.29, 0.717) is 50.6 Å². The summed E-state index contributed by atoms with van der Waals surface area (Å²) in [7, 11) is 3.10. The lowest BCUT2D eigenvalue weighted by atomic mass is 9.68. The first-order valence-corrected chi connectivity index (χ1v) is 15.9. The lowest BCUT2D eigenvalue weighted by Gasteiger charge is -2.42. The number of hydrogen-bond donors (Lipinski definition) is 2. The molecule has 0 bridgehead atoms. The standard InChI is InChI=1S/C32H34N6O4S2/c1-6-18-7-9-19(10-8-18)35-26(40)17-43-31-37-36-30(44-31)38-23-14-32(2,3)15-24(39)28(23)27(22(16-33)29(38)34)21-13-20(41-4)11-12-25(21)42-5/h7-13,27H,6,14-15,17,34H2,1-5H3,(H,35,40). The van der Waals surface area contributed by atoms with Crippen LogP contribution in [0.25, 0.3) is 0 Å². The largest absolute Gasteiger partial charge is 0.497 e. The van der Waals surface area contributed by atoms with Crippen LogP contribution in [0.1, 0.15) is 50.7 Å². The number of methoxy groups -OCH3 is 2. The van der Waals surface area contributed by atoms with Crippen molar-refractivity contribution in [3.8, 4) is 17.6 Å². The summed E-state index contributed by atoms with van der Waals surface area (Å²) in [5, 5.41) is 22.4. The molecule has 3 N–H and O–H groups in total. The maximum atomic E-state index is 13.9. The van der Waals surface area contributed by atoms with Gasteiger partial charge in [-0.1, -0.05) is 56.0 Å². The number of nitrogens with one attached hydrogen (secondary N) is 1. The Kier molecular flexibility index (Phi) is 8.99. The second kappa shape index (κ2) is 12.7. The van der Waals surface area contributed by atoms with E-state index in [1.807, 2.05) is 38.1 Å². The van der Waals surface area contributed by atoms with E-state index >= 15 is 0 Å². The molecule has 2 aliphatic rings. The third kappa shape index (κ3) is 6.16. The van der Waals surface area contributed by atoms with E-state index < -0.39 is 5.92 Å². The lowest BCUT2D eigenvalue weighted by Crippen LogP contribution is -2.42. The van der Waals surface area contributed by atoms with Gasteiger partial charge in [0.1, 0.15) is 17.3 Å². The van der Waals surface area contributed by atoms with E-state index in [2.05, 4.69) is 28.5 Å². The molecule has 2 heterocycles. The Hall–Kier alpha value is -4.34. The quantitative estimate of drug-likeness (QED) is 0.279. The normalized spacial score (nSPS) is 17.7. The van der Waals surface area contributed by atoms with Crippen LogP contribution >= 0.6 is 23.1 Å². The first-order valence-electron chi connectivity index (χ1n) is 14.1. The molecular weight excluding hydrogens is 597 g/mol. The van der Waals surface area contributed by atoms with Gasteiger partial charge in [0.05, 0.1) is 37.5 Å². The number of aryl methyl sites for hydroxylation is 1. The number of hydrogen-bond acceptors (Lipinski definition) is 11. The number of ketones is 1. The van der Waals surface area contributed by atoms with Crippen LogP contribution < -0.4 is 25.4 Å². The van der Waals surface area contributed by atoms with E-state index in [-0.39, 0.29) is 34.3 Å². The number of thioether (sulfide) groups is 1. The van der Waals surface area contributed by atoms with Gasteiger partial charge in [0.25, 0.3) is 0 Å². The molecule has 228 valence electrons. The first kappa shape index (κ1) is 31.1. The topological polar surface area (TPSA) is 143 Å². The van der Waals surface area contributed by atoms with Crippen LogP contribution in [0.15, 0.2) is 69.5 Å². The van der Waals surface area contributed by atoms with Crippen molar-refractivity contribution in [3.63, 3.8) is 0 Å². The van der Waals surface area contributed by atoms with Gasteiger partial charge in [0.2, 0.25) is 11.0 Å². The van der Waals surface area contributed by atoms with Crippen LogP contribution in [0.3, 0.4) is 0 Å². The zero-order chi connectivity index (χ0) is 31.6. The lowest BCUT2D eigenvalue weighted by molar-refractivity contribution is -0.118. The zero-order valence-electron chi connectivity index (χ0n) is 25.3. The van der Waals surface area contributed by atoms with E-state index in [1.54, 1.807) is 37.3 Å². The number of allylic oxidation sites excluding steroid dienone is 3. The summed E-state index contributed by atoms with van der Waals surface area (Å²) in [6.45, 7) is 6.14. The highest BCUT2D eigenvalue weighted by Gasteiger charge is 2.46. The molecule has 5 rings (SSSR count). The molecule has 1 atom stereocenters. The van der Waals surface area contributed by atoms with Crippen LogP contribution in [0.5, 0.6) is 11.5 Å². The van der Waals surface area contributed by atoms with Gasteiger partial charge in [-0.2, -0.15) is 5.26 Å². The van der Waals surface area contributed by atoms with Crippen LogP contribution in [0, 0.1) is 16.7 Å². The van der Waals surface area contributed by atoms with Crippen molar-refractivity contribution >= 4 is 45.6 Å². The Morgan fingerprint density at radius 1 is 1.18 bits per heavy atom. The Labute approximate surface area is 264 Å². The van der Waals surface area contributed by atoms with Crippen molar-refractivity contribution in [3.05, 3.63) is 76.3 Å². The summed E-state index contributed by atoms with van der Waals surface area (Å²) in [4.78, 5) is 28.2. The number of ether oxygens (including phenoxy) is 2. The highest BCUT2D eigenvalue weighted by Crippen LogP contribution is 2.52. The van der Waals surface area contributed by atoms with E-state index in [0.717, 1.165) is 12.1 Å². The number of benzene rings is 2. The number of nitriles is 1. The van der Waals surface area contributed by atoms with Gasteiger partial charge in [-0.25, -0.2) is 0 Å². The van der Waals surface area contributed by atoms with Crippen molar-refractivity contribution in [2.24, 2.45) is 11.1 Å². The Morgan fingerprint density at radius 3 is 2.59 bits per heavy atom. The van der Waals surface area contributed by atoms with Crippen molar-refractivity contribution < 1.29 is 19.1 Å². The predicted octanol–water partition coefficient (Wildman–Crippen LogP) is 5.79. The number of rotatable bonds is 9. The summed E-state index contributed by atoms with van der Waals surface area (Å²) in [5.41, 5.74) is 10.3. The molecule has 0 saturated heterocycles. The molecular formula is C32H34N6O4S2. The second-order valence-corrected chi connectivity index (χ2v) is 13.5. The van der Waals surface area contributed by atoms with Gasteiger partial charge in [-0.3, -0.25) is 14.5 Å². The number of carbonyl (C=O) groups excluding carboxylic acids is 2. The number of aromatic nitrogens is 2. The Bertz CT molecular complexity index is 1700. The third-order valence-corrected chi connectivity index (χ3v) is 9.73. The zero-order valence-corrected chi connectivity index (χ0v) is 26.9. The number of carbonyl (C=O) groups is 2. The average molecular weight is 631 g/mol. The summed E-state index contributed by atoms with van der Waals surface area (Å²) < 4.78 is 11.7. The van der Waals surface area contributed by atoms with Gasteiger partial charge in [0.15, 0.2) is 10.1 Å². The molecule has 0 radical (unpaired) electrons. The fraction of sp³-hybridized carbons (Fsp3) is 0.344. The van der Waals surface area contributed by atoms with Crippen molar-refractivity contribution in [1.82, 2.24) is 10.2 Å². The maximum absolute atomic E-state index is 13.9. The molecule has 3 aromatic rings. The van der Waals surface area contributed by atoms with Crippen molar-refractivity contribution in [2.75, 3.05) is 30.2 Å². The van der Waals surface area contributed by atoms with Gasteiger partial charge in [0, 0.05) is 28.9 Å². The second-order valence-electron chi connectivity index (χ2n) is 11.3. The van der Waals surface area contributed by atoms with Crippen LogP contribution in [0.4, 0.5) is 10.8 Å². The molecule has 1 aliphatic heterocycles. The molecule has 0 saturated carbocycles. The highest BCUT2D eigenvalue weighted by molar-refractivity contribution is 8.01. The van der Waals surface area contributed by atoms with Crippen LogP contribution in [-0.2, 0) is 16.0 Å². The summed E-state index contributed by atoms with van der Waals surface area (Å²) in [5.74, 6) is 0.417. The smallest absolute Gasteiger partial charge is 0.234 e. The molecule has 1 aliphatic carbocycles. The molecule has 1 amide bonds. The highest BCUT2D eigenvalue weighted by atomic mass is 32.2. The first-order chi connectivity index (χ1) is 21.1. The van der Waals surface area contributed by atoms with E-state index in [9.17, 15) is 14.9 Å². The molecule has 12 heteroatoms. The number of anilines is 2. The fourth-order valence-corrected chi connectivity index (χ4v) is 7.28. The van der Waals surface area contributed by atoms with E-state index in [4.69, 9.17) is 15.2 Å². The van der Waals surface area contributed by atoms with Gasteiger partial charge in [-0.05, 0) is 54.2 Å². The number of nitrogens with two attached hydrogens (primary N) is 1. The Morgan fingerprint density at radius 2 is 1.93 bits per heavy atom. The molecule has 44 heavy (non-hydrogen) atoms. The molecule has 2 aromatic carbocycles. The fourth-order valence-electron chi connectivity index (χ4n) is 5.60. The minimum Gasteiger partial charge on any atom is -0.497 e. The van der Waals surface area contributed by atoms with Crippen LogP contribution in [0.2, 0.25) is 0 Å². The molecule has 1 unspecified atom stereocenters. The van der Waals surface area contributed by atoms with Gasteiger partial charge >= 0.3 is 0 Å². The number of amides is 1. The maximum Gasteiger partial charge on any atom is 0.234 e. The number of Topliss-reactive ketones (excluding diaryl/α,β-unsaturated/α-hetero) is 1. The van der Waals surface area contributed by atoms with Gasteiger partial charge < -0.3 is 20.5 Å². The number of nitrogens with zero attached hydrogens (tertiary/aromatic N) is 4. The third-order valence-electron chi connectivity index (χ3n) is 7.69. The van der Waals surface area contributed by atoms with Crippen molar-refractivity contribution in [1.29, 1.82) is 5.26 Å². The Balaban J connectivity index is 1.48. The molecule has 0 fully saturated rings. The van der Waals surface area contributed by atoms with E-state index in [1.165, 1.54) is 28.7 Å². The molecule has 0 spiro atoms. The minimum absolute atomic E-state index is 0.0703. The SMILES string of the molecule is CCc1ccc(NC(=O)CSc2nnc(N3C(N)=C(C#N)C(c4cc(OC)ccc4OC)C4=C3CC(C)(C)CC4=O)s2)cc1. The average Bonchev–Trinajstić information content (AvgIpc) is 3.47. The monoisotopic (exact) mass is 630 g/mol. The summed E-state index contributed by atoms with van der Waals surface area (Å²) in [6.07, 6.45) is 1.77. The molecule has 1 aromatic heterocycles. The van der Waals surface area contributed by atoms with Crippen molar-refractivity contribution in [2.45, 2.75) is 50.3 Å².